The van der Waals surface area contributed by atoms with Gasteiger partial charge in [-0.1, -0.05) is 23.4 Å². The molecule has 0 aromatic carbocycles. The summed E-state index contributed by atoms with van der Waals surface area (Å²) < 4.78 is 11.7. The van der Waals surface area contributed by atoms with Crippen LogP contribution in [0, 0.1) is 0 Å². The number of amidine groups is 1. The van der Waals surface area contributed by atoms with Crippen LogP contribution in [0.3, 0.4) is 0 Å². The van der Waals surface area contributed by atoms with E-state index in [0.717, 1.165) is 9.37 Å². The van der Waals surface area contributed by atoms with Gasteiger partial charge in [0.05, 0.1) is 5.54 Å². The van der Waals surface area contributed by atoms with Gasteiger partial charge in [0, 0.05) is 22.0 Å². The lowest BCUT2D eigenvalue weighted by Gasteiger charge is -2.35. The molecule has 2 amide bonds. The highest BCUT2D eigenvalue weighted by molar-refractivity contribution is 9.10. The standard InChI is InChI=1S/C20H27BrClN3O4S/c1-18(2,3)28-16(26)25(17(27)29-19(4,5)6)15-24-20(7,8-9-30-15)13-10-12(21)11-23-14(13)22/h10-11H,8-9H2,1-7H3/t20-/m0/s1. The summed E-state index contributed by atoms with van der Waals surface area (Å²) in [5.41, 5.74) is -1.67. The van der Waals surface area contributed by atoms with E-state index in [1.54, 1.807) is 47.7 Å². The van der Waals surface area contributed by atoms with E-state index in [1.165, 1.54) is 11.8 Å². The van der Waals surface area contributed by atoms with E-state index in [9.17, 15) is 9.59 Å². The molecule has 0 fully saturated rings. The van der Waals surface area contributed by atoms with Crippen molar-refractivity contribution < 1.29 is 19.1 Å². The minimum atomic E-state index is -0.842. The predicted octanol–water partition coefficient (Wildman–Crippen LogP) is 6.38. The molecule has 7 nitrogen and oxygen atoms in total. The van der Waals surface area contributed by atoms with Crippen LogP contribution in [0.2, 0.25) is 5.15 Å². The number of amides is 2. The first kappa shape index (κ1) is 24.9. The second-order valence-electron chi connectivity index (χ2n) is 9.05. The van der Waals surface area contributed by atoms with Crippen LogP contribution in [0.5, 0.6) is 0 Å². The Kier molecular flexibility index (Phi) is 7.52. The van der Waals surface area contributed by atoms with Crippen LogP contribution >= 0.6 is 39.3 Å². The zero-order valence-electron chi connectivity index (χ0n) is 18.2. The average Bonchev–Trinajstić information content (AvgIpc) is 2.54. The number of ether oxygens (including phenoxy) is 2. The molecule has 1 aliphatic heterocycles. The Balaban J connectivity index is 2.51. The van der Waals surface area contributed by atoms with Crippen molar-refractivity contribution in [2.24, 2.45) is 4.99 Å². The second-order valence-corrected chi connectivity index (χ2v) is 11.4. The summed E-state index contributed by atoms with van der Waals surface area (Å²) in [6.07, 6.45) is 0.567. The smallest absolute Gasteiger partial charge is 0.426 e. The van der Waals surface area contributed by atoms with E-state index in [4.69, 9.17) is 26.1 Å². The molecule has 1 aromatic rings. The summed E-state index contributed by atoms with van der Waals surface area (Å²) in [7, 11) is 0. The zero-order chi connectivity index (χ0) is 22.9. The Labute approximate surface area is 195 Å². The third-order valence-electron chi connectivity index (χ3n) is 3.89. The monoisotopic (exact) mass is 519 g/mol. The third-order valence-corrected chi connectivity index (χ3v) is 5.57. The van der Waals surface area contributed by atoms with Crippen molar-refractivity contribution in [3.8, 4) is 0 Å². The van der Waals surface area contributed by atoms with Crippen LogP contribution in [-0.4, -0.2) is 44.2 Å². The summed E-state index contributed by atoms with van der Waals surface area (Å²) in [4.78, 5) is 35.6. The van der Waals surface area contributed by atoms with Crippen LogP contribution in [0.1, 0.15) is 60.5 Å². The number of thioether (sulfide) groups is 1. The highest BCUT2D eigenvalue weighted by atomic mass is 79.9. The lowest BCUT2D eigenvalue weighted by Crippen LogP contribution is -2.47. The van der Waals surface area contributed by atoms with Gasteiger partial charge in [-0.25, -0.2) is 14.6 Å². The molecular formula is C20H27BrClN3O4S. The molecule has 1 aromatic heterocycles. The van der Waals surface area contributed by atoms with Gasteiger partial charge >= 0.3 is 12.2 Å². The fourth-order valence-corrected chi connectivity index (χ4v) is 4.46. The lowest BCUT2D eigenvalue weighted by atomic mass is 9.91. The molecule has 0 saturated carbocycles. The topological polar surface area (TPSA) is 81.1 Å². The van der Waals surface area contributed by atoms with Crippen LogP contribution < -0.4 is 0 Å². The van der Waals surface area contributed by atoms with E-state index in [1.807, 2.05) is 13.0 Å². The van der Waals surface area contributed by atoms with E-state index in [0.29, 0.717) is 22.9 Å². The molecule has 1 atom stereocenters. The van der Waals surface area contributed by atoms with Gasteiger partial charge in [-0.15, -0.1) is 0 Å². The third kappa shape index (κ3) is 6.59. The molecule has 0 saturated heterocycles. The molecular weight excluding hydrogens is 494 g/mol. The molecule has 10 heteroatoms. The molecule has 0 aliphatic carbocycles. The van der Waals surface area contributed by atoms with E-state index < -0.39 is 28.9 Å². The summed E-state index contributed by atoms with van der Waals surface area (Å²) in [6.45, 7) is 12.3. The first-order valence-corrected chi connectivity index (χ1v) is 11.6. The van der Waals surface area contributed by atoms with E-state index in [-0.39, 0.29) is 5.17 Å². The van der Waals surface area contributed by atoms with Crippen molar-refractivity contribution in [1.29, 1.82) is 0 Å². The molecule has 0 bridgehead atoms. The maximum Gasteiger partial charge on any atom is 0.426 e. The van der Waals surface area contributed by atoms with Crippen molar-refractivity contribution in [2.75, 3.05) is 5.75 Å². The normalized spacial score (nSPS) is 19.7. The van der Waals surface area contributed by atoms with E-state index >= 15 is 0 Å². The molecule has 2 heterocycles. The van der Waals surface area contributed by atoms with Gasteiger partial charge in [-0.3, -0.25) is 4.99 Å². The first-order chi connectivity index (χ1) is 13.6. The quantitative estimate of drug-likeness (QED) is 0.400. The molecule has 0 radical (unpaired) electrons. The number of carbonyl (C=O) groups is 2. The van der Waals surface area contributed by atoms with Crippen molar-refractivity contribution >= 4 is 56.6 Å². The van der Waals surface area contributed by atoms with E-state index in [2.05, 4.69) is 20.9 Å². The van der Waals surface area contributed by atoms with Gasteiger partial charge in [-0.2, -0.15) is 4.90 Å². The van der Waals surface area contributed by atoms with Gasteiger partial charge in [0.1, 0.15) is 16.4 Å². The Morgan fingerprint density at radius 1 is 1.17 bits per heavy atom. The number of carbonyl (C=O) groups excluding carboxylic acids is 2. The molecule has 1 aliphatic rings. The summed E-state index contributed by atoms with van der Waals surface area (Å²) in [6, 6.07) is 1.84. The van der Waals surface area contributed by atoms with Crippen molar-refractivity contribution in [2.45, 2.75) is 71.6 Å². The number of hydrogen-bond donors (Lipinski definition) is 0. The minimum Gasteiger partial charge on any atom is -0.443 e. The van der Waals surface area contributed by atoms with Gasteiger partial charge in [0.15, 0.2) is 5.17 Å². The zero-order valence-corrected chi connectivity index (χ0v) is 21.4. The van der Waals surface area contributed by atoms with Crippen LogP contribution in [0.25, 0.3) is 0 Å². The lowest BCUT2D eigenvalue weighted by molar-refractivity contribution is 0.0151. The van der Waals surface area contributed by atoms with Crippen LogP contribution in [0.4, 0.5) is 9.59 Å². The van der Waals surface area contributed by atoms with Crippen molar-refractivity contribution in [3.63, 3.8) is 0 Å². The number of hydrogen-bond acceptors (Lipinski definition) is 7. The Bertz CT molecular complexity index is 839. The highest BCUT2D eigenvalue weighted by Gasteiger charge is 2.40. The number of nitrogens with zero attached hydrogens (tertiary/aromatic N) is 3. The average molecular weight is 521 g/mol. The SMILES string of the molecule is CC(C)(C)OC(=O)N(C(=O)OC(C)(C)C)C1=N[C@](C)(c2cc(Br)cnc2Cl)CCS1. The maximum absolute atomic E-state index is 12.9. The van der Waals surface area contributed by atoms with Gasteiger partial charge in [-0.05, 0) is 76.9 Å². The molecule has 2 rings (SSSR count). The van der Waals surface area contributed by atoms with Gasteiger partial charge in [0.2, 0.25) is 0 Å². The number of imide groups is 1. The fourth-order valence-electron chi connectivity index (χ4n) is 2.60. The Hall–Kier alpha value is -1.32. The largest absolute Gasteiger partial charge is 0.443 e. The molecule has 0 spiro atoms. The second kappa shape index (κ2) is 9.04. The summed E-state index contributed by atoms with van der Waals surface area (Å²) >= 11 is 11.0. The van der Waals surface area contributed by atoms with Gasteiger partial charge < -0.3 is 9.47 Å². The van der Waals surface area contributed by atoms with Crippen LogP contribution in [-0.2, 0) is 15.0 Å². The van der Waals surface area contributed by atoms with Gasteiger partial charge in [0.25, 0.3) is 0 Å². The first-order valence-electron chi connectivity index (χ1n) is 9.41. The highest BCUT2D eigenvalue weighted by Crippen LogP contribution is 2.40. The Morgan fingerprint density at radius 3 is 2.20 bits per heavy atom. The van der Waals surface area contributed by atoms with Crippen molar-refractivity contribution in [1.82, 2.24) is 9.88 Å². The maximum atomic E-state index is 12.9. The number of pyridine rings is 1. The molecule has 0 N–H and O–H groups in total. The van der Waals surface area contributed by atoms with Crippen molar-refractivity contribution in [3.05, 3.63) is 27.5 Å². The summed E-state index contributed by atoms with van der Waals surface area (Å²) in [5.74, 6) is 0.611. The molecule has 0 unspecified atom stereocenters. The summed E-state index contributed by atoms with van der Waals surface area (Å²) in [5, 5.41) is 0.514. The fraction of sp³-hybridized carbons (Fsp3) is 0.600. The number of rotatable bonds is 1. The van der Waals surface area contributed by atoms with Crippen LogP contribution in [0.15, 0.2) is 21.7 Å². The molecule has 166 valence electrons. The number of halogens is 2. The minimum absolute atomic E-state index is 0.197. The Morgan fingerprint density at radius 2 is 1.70 bits per heavy atom. The predicted molar refractivity (Wildman–Crippen MR) is 123 cm³/mol. The number of aromatic nitrogens is 1. The number of aliphatic imine (C=N–C) groups is 1. The molecule has 30 heavy (non-hydrogen) atoms.